The molecule has 3 heteroatoms. The Hall–Kier alpha value is 0.650. The molecule has 0 spiro atoms. The molecule has 6 heavy (non-hydrogen) atoms. The van der Waals surface area contributed by atoms with Gasteiger partial charge in [0, 0.05) is 6.54 Å². The van der Waals surface area contributed by atoms with Gasteiger partial charge in [-0.05, 0) is 29.5 Å². The largest absolute Gasteiger partial charge is 0.379 e. The van der Waals surface area contributed by atoms with Crippen LogP contribution in [-0.2, 0) is 0 Å². The van der Waals surface area contributed by atoms with Crippen molar-refractivity contribution in [3.63, 3.8) is 0 Å². The maximum Gasteiger partial charge on any atom is 0.125 e. The molecular formula is C3H8INO. The van der Waals surface area contributed by atoms with E-state index in [-0.39, 0.29) is 0 Å². The minimum atomic E-state index is -0.711. The van der Waals surface area contributed by atoms with Crippen LogP contribution in [0.4, 0.5) is 0 Å². The van der Waals surface area contributed by atoms with Crippen molar-refractivity contribution < 1.29 is 5.11 Å². The van der Waals surface area contributed by atoms with Gasteiger partial charge >= 0.3 is 0 Å². The van der Waals surface area contributed by atoms with Crippen molar-refractivity contribution in [1.82, 2.24) is 0 Å². The van der Waals surface area contributed by atoms with E-state index in [1.54, 1.807) is 6.92 Å². The van der Waals surface area contributed by atoms with Crippen LogP contribution in [-0.4, -0.2) is 15.3 Å². The summed E-state index contributed by atoms with van der Waals surface area (Å²) >= 11 is 1.87. The Morgan fingerprint density at radius 1 is 2.00 bits per heavy atom. The lowest BCUT2D eigenvalue weighted by Gasteiger charge is -2.08. The summed E-state index contributed by atoms with van der Waals surface area (Å²) in [6, 6.07) is 0. The van der Waals surface area contributed by atoms with Gasteiger partial charge < -0.3 is 10.8 Å². The van der Waals surface area contributed by atoms with Crippen LogP contribution < -0.4 is 5.73 Å². The van der Waals surface area contributed by atoms with Crippen LogP contribution in [0.25, 0.3) is 0 Å². The second-order valence-corrected chi connectivity index (χ2v) is 3.67. The van der Waals surface area contributed by atoms with E-state index in [1.807, 2.05) is 22.6 Å². The Labute approximate surface area is 50.9 Å². The molecule has 2 nitrogen and oxygen atoms in total. The van der Waals surface area contributed by atoms with Gasteiger partial charge in [-0.3, -0.25) is 0 Å². The topological polar surface area (TPSA) is 46.2 Å². The number of hydrogen-bond acceptors (Lipinski definition) is 2. The van der Waals surface area contributed by atoms with E-state index in [1.165, 1.54) is 0 Å². The number of hydrogen-bond donors (Lipinski definition) is 2. The zero-order valence-corrected chi connectivity index (χ0v) is 5.77. The Morgan fingerprint density at radius 2 is 2.17 bits per heavy atom. The molecule has 0 fully saturated rings. The van der Waals surface area contributed by atoms with Crippen molar-refractivity contribution in [3.05, 3.63) is 0 Å². The first-order chi connectivity index (χ1) is 2.56. The van der Waals surface area contributed by atoms with Gasteiger partial charge in [-0.15, -0.1) is 0 Å². The van der Waals surface area contributed by atoms with E-state index >= 15 is 0 Å². The monoisotopic (exact) mass is 201 g/mol. The summed E-state index contributed by atoms with van der Waals surface area (Å²) in [6.45, 7) is 1.97. The molecule has 0 saturated carbocycles. The molecule has 0 aliphatic heterocycles. The summed E-state index contributed by atoms with van der Waals surface area (Å²) in [6.07, 6.45) is 0. The van der Waals surface area contributed by atoms with Crippen molar-refractivity contribution in [2.24, 2.45) is 5.73 Å². The lowest BCUT2D eigenvalue weighted by molar-refractivity contribution is 0.185. The maximum absolute atomic E-state index is 8.69. The predicted molar refractivity (Wildman–Crippen MR) is 33.7 cm³/mol. The minimum Gasteiger partial charge on any atom is -0.379 e. The van der Waals surface area contributed by atoms with Gasteiger partial charge in [0.05, 0.1) is 0 Å². The van der Waals surface area contributed by atoms with E-state index < -0.39 is 3.61 Å². The van der Waals surface area contributed by atoms with Crippen LogP contribution >= 0.6 is 22.6 Å². The third-order valence-corrected chi connectivity index (χ3v) is 0.813. The normalized spacial score (nSPS) is 20.0. The summed E-state index contributed by atoms with van der Waals surface area (Å²) in [5.41, 5.74) is 5.05. The third-order valence-electron chi connectivity index (χ3n) is 0.373. The van der Waals surface area contributed by atoms with E-state index in [2.05, 4.69) is 0 Å². The fraction of sp³-hybridized carbons (Fsp3) is 1.00. The second kappa shape index (κ2) is 2.09. The Balaban J connectivity index is 3.17. The van der Waals surface area contributed by atoms with Gasteiger partial charge in [0.15, 0.2) is 0 Å². The molecule has 1 atom stereocenters. The molecule has 0 aromatic rings. The standard InChI is InChI=1S/C3H8INO/c1-3(4,6)2-5/h6H,2,5H2,1H3. The molecule has 38 valence electrons. The molecule has 0 aliphatic carbocycles. The lowest BCUT2D eigenvalue weighted by Crippen LogP contribution is -2.25. The van der Waals surface area contributed by atoms with Gasteiger partial charge in [0.25, 0.3) is 0 Å². The van der Waals surface area contributed by atoms with Gasteiger partial charge in [0.2, 0.25) is 0 Å². The van der Waals surface area contributed by atoms with E-state index in [0.29, 0.717) is 6.54 Å². The predicted octanol–water partition coefficient (Wildman–Crippen LogP) is 0.0886. The SMILES string of the molecule is CC(O)(I)CN. The summed E-state index contributed by atoms with van der Waals surface area (Å²) < 4.78 is -0.711. The molecule has 0 radical (unpaired) electrons. The molecule has 3 N–H and O–H groups in total. The van der Waals surface area contributed by atoms with Crippen molar-refractivity contribution in [3.8, 4) is 0 Å². The quantitative estimate of drug-likeness (QED) is 0.466. The van der Waals surface area contributed by atoms with Crippen molar-refractivity contribution in [2.45, 2.75) is 10.5 Å². The minimum absolute atomic E-state index is 0.313. The molecule has 0 aromatic carbocycles. The summed E-state index contributed by atoms with van der Waals surface area (Å²) in [4.78, 5) is 0. The van der Waals surface area contributed by atoms with Gasteiger partial charge in [-0.2, -0.15) is 0 Å². The molecule has 0 aliphatic rings. The molecule has 0 aromatic heterocycles. The number of halogens is 1. The average Bonchev–Trinajstić information content (AvgIpc) is 1.35. The zero-order valence-electron chi connectivity index (χ0n) is 3.61. The molecule has 0 saturated heterocycles. The first kappa shape index (κ1) is 6.65. The number of rotatable bonds is 1. The van der Waals surface area contributed by atoms with Crippen molar-refractivity contribution in [2.75, 3.05) is 6.54 Å². The molecule has 0 rings (SSSR count). The summed E-state index contributed by atoms with van der Waals surface area (Å²) in [7, 11) is 0. The average molecular weight is 201 g/mol. The van der Waals surface area contributed by atoms with Gasteiger partial charge in [-0.25, -0.2) is 0 Å². The highest BCUT2D eigenvalue weighted by Crippen LogP contribution is 2.08. The number of aliphatic hydroxyl groups is 1. The van der Waals surface area contributed by atoms with E-state index in [9.17, 15) is 0 Å². The molecule has 0 amide bonds. The number of alkyl halides is 1. The van der Waals surface area contributed by atoms with Crippen molar-refractivity contribution >= 4 is 22.6 Å². The Morgan fingerprint density at radius 3 is 2.17 bits per heavy atom. The fourth-order valence-electron chi connectivity index (χ4n) is 0. The van der Waals surface area contributed by atoms with Crippen LogP contribution in [0.5, 0.6) is 0 Å². The van der Waals surface area contributed by atoms with Gasteiger partial charge in [-0.1, -0.05) is 0 Å². The molecule has 1 unspecified atom stereocenters. The third kappa shape index (κ3) is 4.65. The first-order valence-electron chi connectivity index (χ1n) is 1.67. The van der Waals surface area contributed by atoms with Crippen LogP contribution in [0, 0.1) is 0 Å². The number of nitrogens with two attached hydrogens (primary N) is 1. The summed E-state index contributed by atoms with van der Waals surface area (Å²) in [5.74, 6) is 0. The molecule has 0 heterocycles. The van der Waals surface area contributed by atoms with Crippen LogP contribution in [0.15, 0.2) is 0 Å². The van der Waals surface area contributed by atoms with Gasteiger partial charge in [0.1, 0.15) is 3.61 Å². The highest BCUT2D eigenvalue weighted by Gasteiger charge is 2.09. The van der Waals surface area contributed by atoms with Crippen molar-refractivity contribution in [1.29, 1.82) is 0 Å². The highest BCUT2D eigenvalue weighted by atomic mass is 127. The smallest absolute Gasteiger partial charge is 0.125 e. The fourth-order valence-corrected chi connectivity index (χ4v) is 0. The van der Waals surface area contributed by atoms with Crippen LogP contribution in [0.1, 0.15) is 6.92 Å². The summed E-state index contributed by atoms with van der Waals surface area (Å²) in [5, 5.41) is 8.69. The van der Waals surface area contributed by atoms with Crippen LogP contribution in [0.3, 0.4) is 0 Å². The lowest BCUT2D eigenvalue weighted by atomic mass is 10.4. The van der Waals surface area contributed by atoms with E-state index in [0.717, 1.165) is 0 Å². The molecular weight excluding hydrogens is 193 g/mol. The first-order valence-corrected chi connectivity index (χ1v) is 2.75. The second-order valence-electron chi connectivity index (χ2n) is 1.35. The molecule has 0 bridgehead atoms. The maximum atomic E-state index is 8.69. The Bertz CT molecular complexity index is 40.5. The highest BCUT2D eigenvalue weighted by molar-refractivity contribution is 14.1. The van der Waals surface area contributed by atoms with E-state index in [4.69, 9.17) is 10.8 Å². The van der Waals surface area contributed by atoms with Crippen LogP contribution in [0.2, 0.25) is 0 Å². The zero-order chi connectivity index (χ0) is 5.21. The Kier molecular flexibility index (Phi) is 2.31.